The fourth-order valence-corrected chi connectivity index (χ4v) is 3.99. The number of anilines is 1. The molecule has 1 aliphatic heterocycles. The van der Waals surface area contributed by atoms with Crippen LogP contribution >= 0.6 is 11.8 Å². The van der Waals surface area contributed by atoms with Gasteiger partial charge in [-0.2, -0.15) is 0 Å². The fraction of sp³-hybridized carbons (Fsp3) is 0.444. The number of hydrogen-bond acceptors (Lipinski definition) is 3. The fourth-order valence-electron chi connectivity index (χ4n) is 3.47. The van der Waals surface area contributed by atoms with Gasteiger partial charge in [-0.15, -0.1) is 18.6 Å². The van der Waals surface area contributed by atoms with Crippen LogP contribution in [-0.2, 0) is 6.42 Å². The highest BCUT2D eigenvalue weighted by molar-refractivity contribution is 8.04. The van der Waals surface area contributed by atoms with Gasteiger partial charge in [-0.25, -0.2) is 0 Å². The lowest BCUT2D eigenvalue weighted by Crippen LogP contribution is -2.23. The van der Waals surface area contributed by atoms with Crippen molar-refractivity contribution in [3.8, 4) is 12.8 Å². The molecule has 0 saturated heterocycles. The number of aryl methyl sites for hydroxylation is 1. The maximum atomic E-state index is 4.50. The molecule has 3 rings (SSSR count). The molecule has 0 unspecified atom stereocenters. The van der Waals surface area contributed by atoms with E-state index in [1.54, 1.807) is 17.3 Å². The molecule has 0 atom stereocenters. The average Bonchev–Trinajstić information content (AvgIpc) is 3.10. The van der Waals surface area contributed by atoms with Crippen molar-refractivity contribution in [2.24, 2.45) is 5.73 Å². The molecule has 1 aromatic rings. The smallest absolute Gasteiger partial charge is 0.0369 e. The Labute approximate surface area is 190 Å². The minimum Gasteiger partial charge on any atom is -0.372 e. The Morgan fingerprint density at radius 2 is 1.87 bits per heavy atom. The van der Waals surface area contributed by atoms with Crippen LogP contribution in [0.4, 0.5) is 5.69 Å². The Balaban J connectivity index is 0.00000129. The number of rotatable bonds is 6. The number of fused-ring (bicyclic) bond motifs is 1. The van der Waals surface area contributed by atoms with Gasteiger partial charge in [-0.3, -0.25) is 0 Å². The van der Waals surface area contributed by atoms with E-state index < -0.39 is 0 Å². The van der Waals surface area contributed by atoms with Crippen molar-refractivity contribution in [1.29, 1.82) is 0 Å². The van der Waals surface area contributed by atoms with Crippen molar-refractivity contribution in [3.63, 3.8) is 0 Å². The quantitative estimate of drug-likeness (QED) is 0.387. The minimum absolute atomic E-state index is 1.04. The molecule has 0 spiro atoms. The van der Waals surface area contributed by atoms with Gasteiger partial charge in [0.15, 0.2) is 0 Å². The van der Waals surface area contributed by atoms with Crippen LogP contribution in [0.3, 0.4) is 0 Å². The number of nitrogens with zero attached hydrogens (tertiary/aromatic N) is 1. The molecule has 164 valence electrons. The summed E-state index contributed by atoms with van der Waals surface area (Å²) in [5.41, 5.74) is 15.2. The van der Waals surface area contributed by atoms with Crippen LogP contribution in [0, 0.1) is 12.8 Å². The second-order valence-corrected chi connectivity index (χ2v) is 7.30. The van der Waals surface area contributed by atoms with Crippen LogP contribution in [-0.4, -0.2) is 20.1 Å². The van der Waals surface area contributed by atoms with E-state index in [1.165, 1.54) is 48.7 Å². The molecule has 2 nitrogen and oxygen atoms in total. The van der Waals surface area contributed by atoms with Gasteiger partial charge in [0.1, 0.15) is 0 Å². The number of thioether (sulfide) groups is 1. The van der Waals surface area contributed by atoms with Crippen molar-refractivity contribution in [2.75, 3.05) is 25.0 Å². The van der Waals surface area contributed by atoms with Crippen LogP contribution < -0.4 is 10.6 Å². The highest BCUT2D eigenvalue weighted by atomic mass is 32.2. The third-order valence-electron chi connectivity index (χ3n) is 4.75. The first kappa shape index (κ1) is 27.9. The largest absolute Gasteiger partial charge is 0.372 e. The van der Waals surface area contributed by atoms with E-state index in [2.05, 4.69) is 84.2 Å². The van der Waals surface area contributed by atoms with Crippen LogP contribution in [0.2, 0.25) is 0 Å². The lowest BCUT2D eigenvalue weighted by atomic mass is 9.88. The SMILES string of the molecule is C#C.CC.CCCN(CC)c1ccc2c(c1)CCC(CC1=C=CSC=CC1)=C2.CN. The molecule has 0 fully saturated rings. The van der Waals surface area contributed by atoms with Crippen LogP contribution in [0.5, 0.6) is 0 Å². The summed E-state index contributed by atoms with van der Waals surface area (Å²) in [6, 6.07) is 7.02. The van der Waals surface area contributed by atoms with Crippen molar-refractivity contribution >= 4 is 23.5 Å². The molecule has 0 bridgehead atoms. The Kier molecular flexibility index (Phi) is 16.5. The van der Waals surface area contributed by atoms with E-state index in [1.807, 2.05) is 13.8 Å². The molecule has 0 aromatic heterocycles. The zero-order valence-corrected chi connectivity index (χ0v) is 20.4. The molecule has 2 aliphatic rings. The number of benzene rings is 1. The topological polar surface area (TPSA) is 29.3 Å². The Hall–Kier alpha value is -2.11. The lowest BCUT2D eigenvalue weighted by molar-refractivity contribution is 0.789. The predicted molar refractivity (Wildman–Crippen MR) is 140 cm³/mol. The summed E-state index contributed by atoms with van der Waals surface area (Å²) >= 11 is 1.72. The molecular formula is C27H40N2S. The van der Waals surface area contributed by atoms with Gasteiger partial charge in [-0.1, -0.05) is 56.3 Å². The monoisotopic (exact) mass is 424 g/mol. The highest BCUT2D eigenvalue weighted by Gasteiger charge is 2.14. The van der Waals surface area contributed by atoms with E-state index in [0.717, 1.165) is 25.9 Å². The predicted octanol–water partition coefficient (Wildman–Crippen LogP) is 7.18. The molecule has 0 saturated carbocycles. The number of hydrogen-bond donors (Lipinski definition) is 1. The van der Waals surface area contributed by atoms with Crippen molar-refractivity contribution in [3.05, 3.63) is 63.1 Å². The number of terminal acetylenes is 1. The van der Waals surface area contributed by atoms with Gasteiger partial charge in [0.2, 0.25) is 0 Å². The van der Waals surface area contributed by atoms with Crippen LogP contribution in [0.1, 0.15) is 64.5 Å². The molecule has 1 aliphatic carbocycles. The molecule has 2 N–H and O–H groups in total. The van der Waals surface area contributed by atoms with Gasteiger partial charge in [0.25, 0.3) is 0 Å². The molecule has 0 radical (unpaired) electrons. The highest BCUT2D eigenvalue weighted by Crippen LogP contribution is 2.31. The summed E-state index contributed by atoms with van der Waals surface area (Å²) in [5.74, 6) is 0. The van der Waals surface area contributed by atoms with Crippen LogP contribution in [0.25, 0.3) is 6.08 Å². The molecular weight excluding hydrogens is 384 g/mol. The minimum atomic E-state index is 1.04. The standard InChI is InChI=1S/C22H27NS.C2H6.C2H2.CH5N/c1-3-12-23(4-2)22-10-9-20-16-19(7-8-21(20)17-22)15-18-6-5-13-24-14-11-18;3*1-2/h5,9-10,13-14,16-17H,3-4,6-8,12,15H2,1-2H3;1-2H3;1-2H;2H2,1H3. The third kappa shape index (κ3) is 9.14. The lowest BCUT2D eigenvalue weighted by Gasteiger charge is -2.25. The summed E-state index contributed by atoms with van der Waals surface area (Å²) < 4.78 is 0. The van der Waals surface area contributed by atoms with E-state index in [9.17, 15) is 0 Å². The van der Waals surface area contributed by atoms with Gasteiger partial charge < -0.3 is 10.6 Å². The summed E-state index contributed by atoms with van der Waals surface area (Å²) in [6.07, 6.45) is 18.3. The molecule has 30 heavy (non-hydrogen) atoms. The number of allylic oxidation sites excluding steroid dienone is 3. The maximum Gasteiger partial charge on any atom is 0.0369 e. The molecule has 1 heterocycles. The Morgan fingerprint density at radius 3 is 2.53 bits per heavy atom. The van der Waals surface area contributed by atoms with Crippen molar-refractivity contribution in [2.45, 2.75) is 59.8 Å². The van der Waals surface area contributed by atoms with Crippen LogP contribution in [0.15, 0.2) is 52.0 Å². The molecule has 0 amide bonds. The summed E-state index contributed by atoms with van der Waals surface area (Å²) in [6.45, 7) is 10.7. The zero-order chi connectivity index (χ0) is 22.8. The van der Waals surface area contributed by atoms with Crippen molar-refractivity contribution in [1.82, 2.24) is 0 Å². The van der Waals surface area contributed by atoms with E-state index in [-0.39, 0.29) is 0 Å². The second-order valence-electron chi connectivity index (χ2n) is 6.52. The number of nitrogens with two attached hydrogens (primary N) is 1. The van der Waals surface area contributed by atoms with Gasteiger partial charge in [0, 0.05) is 24.2 Å². The normalized spacial score (nSPS) is 13.5. The van der Waals surface area contributed by atoms with E-state index in [4.69, 9.17) is 0 Å². The van der Waals surface area contributed by atoms with Gasteiger partial charge in [-0.05, 0) is 80.3 Å². The first-order chi connectivity index (χ1) is 14.8. The first-order valence-electron chi connectivity index (χ1n) is 11.0. The zero-order valence-electron chi connectivity index (χ0n) is 19.6. The maximum absolute atomic E-state index is 4.50. The average molecular weight is 425 g/mol. The Bertz CT molecular complexity index is 749. The Morgan fingerprint density at radius 1 is 1.13 bits per heavy atom. The summed E-state index contributed by atoms with van der Waals surface area (Å²) in [5, 5.41) is 4.23. The van der Waals surface area contributed by atoms with Gasteiger partial charge >= 0.3 is 0 Å². The summed E-state index contributed by atoms with van der Waals surface area (Å²) in [4.78, 5) is 2.48. The molecule has 3 heteroatoms. The first-order valence-corrected chi connectivity index (χ1v) is 12.0. The molecule has 1 aromatic carbocycles. The van der Waals surface area contributed by atoms with E-state index in [0.29, 0.717) is 0 Å². The summed E-state index contributed by atoms with van der Waals surface area (Å²) in [7, 11) is 1.50. The third-order valence-corrected chi connectivity index (χ3v) is 5.36. The van der Waals surface area contributed by atoms with Gasteiger partial charge in [0.05, 0.1) is 0 Å². The van der Waals surface area contributed by atoms with E-state index >= 15 is 0 Å². The van der Waals surface area contributed by atoms with Crippen molar-refractivity contribution < 1.29 is 0 Å². The second kappa shape index (κ2) is 17.7.